The lowest BCUT2D eigenvalue weighted by Crippen LogP contribution is -2.26. The molecule has 1 heterocycles. The number of carboxylic acid groups (broad SMARTS) is 1. The van der Waals surface area contributed by atoms with Crippen molar-refractivity contribution in [2.75, 3.05) is 5.75 Å². The number of carbonyl (C=O) groups excluding carboxylic acids is 1. The fourth-order valence-corrected chi connectivity index (χ4v) is 3.55. The van der Waals surface area contributed by atoms with Gasteiger partial charge in [0.15, 0.2) is 5.17 Å². The summed E-state index contributed by atoms with van der Waals surface area (Å²) in [5.74, 6) is -0.288. The normalized spacial score (nSPS) is 19.4. The third-order valence-corrected chi connectivity index (χ3v) is 5.09. The molecule has 1 atom stereocenters. The highest BCUT2D eigenvalue weighted by molar-refractivity contribution is 8.15. The second-order valence-corrected chi connectivity index (χ2v) is 7.12. The van der Waals surface area contributed by atoms with Crippen LogP contribution in [-0.2, 0) is 9.59 Å². The van der Waals surface area contributed by atoms with Crippen LogP contribution in [0.1, 0.15) is 25.3 Å². The van der Waals surface area contributed by atoms with Crippen molar-refractivity contribution in [2.24, 2.45) is 10.2 Å². The van der Waals surface area contributed by atoms with Gasteiger partial charge in [-0.25, -0.2) is 0 Å². The molecule has 1 aromatic carbocycles. The van der Waals surface area contributed by atoms with Crippen LogP contribution in [0.25, 0.3) is 0 Å². The second-order valence-electron chi connectivity index (χ2n) is 4.76. The summed E-state index contributed by atoms with van der Waals surface area (Å²) in [4.78, 5) is 23.4. The predicted molar refractivity (Wildman–Crippen MR) is 94.3 cm³/mol. The lowest BCUT2D eigenvalue weighted by atomic mass is 10.2. The number of hydrogen-bond donors (Lipinski definition) is 2. The summed E-state index contributed by atoms with van der Waals surface area (Å²) < 4.78 is 0. The number of aliphatic carboxylic acids is 1. The Morgan fingerprint density at radius 1 is 1.52 bits per heavy atom. The highest BCUT2D eigenvalue weighted by Crippen LogP contribution is 2.22. The van der Waals surface area contributed by atoms with Gasteiger partial charge in [-0.2, -0.15) is 5.10 Å². The number of rotatable bonds is 7. The van der Waals surface area contributed by atoms with Crippen molar-refractivity contribution in [1.29, 1.82) is 0 Å². The van der Waals surface area contributed by atoms with E-state index in [0.29, 0.717) is 5.17 Å². The molecule has 1 aromatic rings. The maximum Gasteiger partial charge on any atom is 0.305 e. The van der Waals surface area contributed by atoms with E-state index in [4.69, 9.17) is 5.11 Å². The van der Waals surface area contributed by atoms with Gasteiger partial charge in [-0.15, -0.1) is 16.9 Å². The molecule has 0 aromatic heterocycles. The number of hydrogen-bond acceptors (Lipinski definition) is 6. The van der Waals surface area contributed by atoms with Gasteiger partial charge in [-0.1, -0.05) is 30.8 Å². The van der Waals surface area contributed by atoms with Crippen LogP contribution in [0.4, 0.5) is 0 Å². The van der Waals surface area contributed by atoms with Gasteiger partial charge in [0.05, 0.1) is 12.6 Å². The minimum atomic E-state index is -1.01. The van der Waals surface area contributed by atoms with Gasteiger partial charge in [0.1, 0.15) is 5.25 Å². The molecule has 23 heavy (non-hydrogen) atoms. The molecule has 0 aliphatic carbocycles. The van der Waals surface area contributed by atoms with E-state index >= 15 is 0 Å². The van der Waals surface area contributed by atoms with Crippen molar-refractivity contribution in [3.63, 3.8) is 0 Å². The third-order valence-electron chi connectivity index (χ3n) is 2.82. The summed E-state index contributed by atoms with van der Waals surface area (Å²) >= 11 is 2.87. The molecule has 2 N–H and O–H groups in total. The number of carbonyl (C=O) groups is 2. The molecule has 1 aliphatic rings. The van der Waals surface area contributed by atoms with Crippen molar-refractivity contribution in [3.05, 3.63) is 29.8 Å². The van der Waals surface area contributed by atoms with Gasteiger partial charge in [0.2, 0.25) is 5.91 Å². The lowest BCUT2D eigenvalue weighted by molar-refractivity contribution is -0.138. The maximum absolute atomic E-state index is 11.6. The van der Waals surface area contributed by atoms with Crippen LogP contribution < -0.4 is 5.32 Å². The first-order valence-electron chi connectivity index (χ1n) is 7.11. The van der Waals surface area contributed by atoms with Crippen LogP contribution in [0, 0.1) is 0 Å². The summed E-state index contributed by atoms with van der Waals surface area (Å²) in [5, 5.41) is 18.8. The minimum Gasteiger partial charge on any atom is -0.481 e. The van der Waals surface area contributed by atoms with E-state index in [2.05, 4.69) is 22.4 Å². The van der Waals surface area contributed by atoms with Gasteiger partial charge in [0.25, 0.3) is 0 Å². The lowest BCUT2D eigenvalue weighted by Gasteiger charge is -2.00. The zero-order chi connectivity index (χ0) is 16.7. The van der Waals surface area contributed by atoms with E-state index in [9.17, 15) is 9.59 Å². The molecule has 0 radical (unpaired) electrons. The molecule has 6 nitrogen and oxygen atoms in total. The molecule has 1 fully saturated rings. The molecule has 1 saturated heterocycles. The van der Waals surface area contributed by atoms with Crippen molar-refractivity contribution >= 4 is 46.8 Å². The number of carboxylic acids is 1. The number of amidine groups is 1. The summed E-state index contributed by atoms with van der Waals surface area (Å²) in [6, 6.07) is 7.96. The highest BCUT2D eigenvalue weighted by Gasteiger charge is 2.32. The zero-order valence-corrected chi connectivity index (χ0v) is 14.2. The topological polar surface area (TPSA) is 91.1 Å². The molecule has 0 spiro atoms. The molecular formula is C15H17N3O3S2. The van der Waals surface area contributed by atoms with Crippen LogP contribution in [-0.4, -0.2) is 39.4 Å². The monoisotopic (exact) mass is 351 g/mol. The van der Waals surface area contributed by atoms with Crippen molar-refractivity contribution in [1.82, 2.24) is 5.32 Å². The molecule has 0 saturated carbocycles. The number of benzene rings is 1. The molecular weight excluding hydrogens is 334 g/mol. The van der Waals surface area contributed by atoms with Crippen LogP contribution in [0.2, 0.25) is 0 Å². The Bertz CT molecular complexity index is 647. The Kier molecular flexibility index (Phi) is 6.66. The number of amides is 1. The number of nitrogens with one attached hydrogen (secondary N) is 1. The van der Waals surface area contributed by atoms with Gasteiger partial charge in [0, 0.05) is 4.90 Å². The second kappa shape index (κ2) is 8.73. The molecule has 1 amide bonds. The van der Waals surface area contributed by atoms with E-state index in [0.717, 1.165) is 29.5 Å². The number of thioether (sulfide) groups is 2. The Balaban J connectivity index is 1.96. The van der Waals surface area contributed by atoms with E-state index in [1.165, 1.54) is 4.90 Å². The van der Waals surface area contributed by atoms with Gasteiger partial charge in [-0.05, 0) is 29.9 Å². The minimum absolute atomic E-state index is 0.226. The first kappa shape index (κ1) is 17.6. The summed E-state index contributed by atoms with van der Waals surface area (Å²) in [6.07, 6.45) is 2.50. The molecule has 122 valence electrons. The van der Waals surface area contributed by atoms with E-state index in [-0.39, 0.29) is 12.3 Å². The average molecular weight is 351 g/mol. The Morgan fingerprint density at radius 2 is 2.35 bits per heavy atom. The van der Waals surface area contributed by atoms with E-state index < -0.39 is 11.2 Å². The molecule has 2 rings (SSSR count). The van der Waals surface area contributed by atoms with Crippen LogP contribution >= 0.6 is 23.5 Å². The highest BCUT2D eigenvalue weighted by atomic mass is 32.2. The maximum atomic E-state index is 11.6. The molecule has 1 unspecified atom stereocenters. The Morgan fingerprint density at radius 3 is 3.09 bits per heavy atom. The fraction of sp³-hybridized carbons (Fsp3) is 0.333. The molecule has 0 bridgehead atoms. The Labute approximate surface area is 142 Å². The summed E-state index contributed by atoms with van der Waals surface area (Å²) in [6.45, 7) is 2.14. The zero-order valence-electron chi connectivity index (χ0n) is 12.6. The average Bonchev–Trinajstić information content (AvgIpc) is 2.85. The molecule has 1 aliphatic heterocycles. The first-order valence-corrected chi connectivity index (χ1v) is 8.98. The van der Waals surface area contributed by atoms with Crippen LogP contribution in [0.5, 0.6) is 0 Å². The van der Waals surface area contributed by atoms with Gasteiger partial charge < -0.3 is 10.4 Å². The third kappa shape index (κ3) is 5.72. The first-order chi connectivity index (χ1) is 11.1. The SMILES string of the molecule is CCCSc1cccc(C=NN=C2NC(=O)C(CC(=O)O)S2)c1. The Hall–Kier alpha value is -1.80. The van der Waals surface area contributed by atoms with Gasteiger partial charge in [-0.3, -0.25) is 9.59 Å². The van der Waals surface area contributed by atoms with E-state index in [1.807, 2.05) is 24.3 Å². The van der Waals surface area contributed by atoms with Gasteiger partial charge >= 0.3 is 5.97 Å². The standard InChI is InChI=1S/C15H17N3O3S2/c1-2-6-22-11-5-3-4-10(7-11)9-16-18-15-17-14(21)12(23-15)8-13(19)20/h3-5,7,9,12H,2,6,8H2,1H3,(H,19,20)(H,17,18,21). The largest absolute Gasteiger partial charge is 0.481 e. The summed E-state index contributed by atoms with van der Waals surface area (Å²) in [5.41, 5.74) is 0.923. The van der Waals surface area contributed by atoms with Crippen molar-refractivity contribution < 1.29 is 14.7 Å². The van der Waals surface area contributed by atoms with Crippen molar-refractivity contribution in [3.8, 4) is 0 Å². The fourth-order valence-electron chi connectivity index (χ4n) is 1.80. The molecule has 8 heteroatoms. The van der Waals surface area contributed by atoms with Crippen LogP contribution in [0.15, 0.2) is 39.4 Å². The summed E-state index contributed by atoms with van der Waals surface area (Å²) in [7, 11) is 0. The van der Waals surface area contributed by atoms with E-state index in [1.54, 1.807) is 18.0 Å². The van der Waals surface area contributed by atoms with Crippen molar-refractivity contribution in [2.45, 2.75) is 29.9 Å². The van der Waals surface area contributed by atoms with Crippen LogP contribution in [0.3, 0.4) is 0 Å². The predicted octanol–water partition coefficient (Wildman–Crippen LogP) is 2.58. The number of nitrogens with zero attached hydrogens (tertiary/aromatic N) is 2. The smallest absolute Gasteiger partial charge is 0.305 e. The quantitative estimate of drug-likeness (QED) is 0.448.